The largest absolute Gasteiger partial charge is 0.357 e. The zero-order valence-electron chi connectivity index (χ0n) is 14.9. The Morgan fingerprint density at radius 3 is 2.38 bits per heavy atom. The SMILES string of the molecule is Cc1cc(/C=N\NC(=S)NCc2ccccc2)c(C)n1-c1ccccc1. The molecule has 0 radical (unpaired) electrons. The summed E-state index contributed by atoms with van der Waals surface area (Å²) >= 11 is 5.27. The molecule has 0 aliphatic rings. The zero-order chi connectivity index (χ0) is 18.4. The number of thiocarbonyl (C=S) groups is 1. The van der Waals surface area contributed by atoms with Gasteiger partial charge in [-0.1, -0.05) is 48.5 Å². The minimum absolute atomic E-state index is 0.502. The van der Waals surface area contributed by atoms with Crippen molar-refractivity contribution in [2.24, 2.45) is 5.10 Å². The van der Waals surface area contributed by atoms with Gasteiger partial charge in [-0.05, 0) is 49.8 Å². The third kappa shape index (κ3) is 4.37. The van der Waals surface area contributed by atoms with Crippen LogP contribution in [0.2, 0.25) is 0 Å². The van der Waals surface area contributed by atoms with E-state index in [1.165, 1.54) is 11.3 Å². The van der Waals surface area contributed by atoms with Crippen molar-refractivity contribution >= 4 is 23.5 Å². The van der Waals surface area contributed by atoms with Crippen molar-refractivity contribution in [3.63, 3.8) is 0 Å². The highest BCUT2D eigenvalue weighted by atomic mass is 32.1. The van der Waals surface area contributed by atoms with E-state index in [0.29, 0.717) is 11.7 Å². The van der Waals surface area contributed by atoms with Crippen LogP contribution in [0.5, 0.6) is 0 Å². The van der Waals surface area contributed by atoms with Crippen LogP contribution >= 0.6 is 12.2 Å². The third-order valence-corrected chi connectivity index (χ3v) is 4.39. The van der Waals surface area contributed by atoms with Gasteiger partial charge in [0.1, 0.15) is 0 Å². The lowest BCUT2D eigenvalue weighted by atomic mass is 10.2. The molecule has 0 atom stereocenters. The molecule has 0 aliphatic carbocycles. The molecule has 0 unspecified atom stereocenters. The van der Waals surface area contributed by atoms with Crippen LogP contribution in [-0.2, 0) is 6.54 Å². The molecule has 0 fully saturated rings. The van der Waals surface area contributed by atoms with Crippen LogP contribution in [0.1, 0.15) is 22.5 Å². The standard InChI is InChI=1S/C21H22N4S/c1-16-13-19(17(2)25(16)20-11-7-4-8-12-20)15-23-24-21(26)22-14-18-9-5-3-6-10-18/h3-13,15H,14H2,1-2H3,(H2,22,24,26)/b23-15-. The van der Waals surface area contributed by atoms with E-state index in [-0.39, 0.29) is 0 Å². The monoisotopic (exact) mass is 362 g/mol. The quantitative estimate of drug-likeness (QED) is 0.408. The fourth-order valence-electron chi connectivity index (χ4n) is 2.87. The molecule has 3 aromatic rings. The maximum absolute atomic E-state index is 5.27. The summed E-state index contributed by atoms with van der Waals surface area (Å²) in [5.41, 5.74) is 8.57. The molecule has 0 spiro atoms. The van der Waals surface area contributed by atoms with Crippen molar-refractivity contribution in [1.82, 2.24) is 15.3 Å². The summed E-state index contributed by atoms with van der Waals surface area (Å²) in [5.74, 6) is 0. The van der Waals surface area contributed by atoms with Crippen molar-refractivity contribution in [2.45, 2.75) is 20.4 Å². The minimum atomic E-state index is 0.502. The maximum atomic E-state index is 5.27. The number of nitrogens with zero attached hydrogens (tertiary/aromatic N) is 2. The van der Waals surface area contributed by atoms with Crippen molar-refractivity contribution in [2.75, 3.05) is 0 Å². The van der Waals surface area contributed by atoms with Crippen LogP contribution in [0.4, 0.5) is 0 Å². The lowest BCUT2D eigenvalue weighted by molar-refractivity contribution is 0.868. The van der Waals surface area contributed by atoms with Crippen molar-refractivity contribution in [1.29, 1.82) is 0 Å². The molecular weight excluding hydrogens is 340 g/mol. The molecule has 4 nitrogen and oxygen atoms in total. The summed E-state index contributed by atoms with van der Waals surface area (Å²) in [5, 5.41) is 7.92. The molecule has 0 bridgehead atoms. The molecule has 1 heterocycles. The normalized spacial score (nSPS) is 10.8. The van der Waals surface area contributed by atoms with Crippen LogP contribution in [0.25, 0.3) is 5.69 Å². The number of hydrogen-bond acceptors (Lipinski definition) is 2. The summed E-state index contributed by atoms with van der Waals surface area (Å²) < 4.78 is 2.22. The molecule has 0 amide bonds. The topological polar surface area (TPSA) is 41.4 Å². The highest BCUT2D eigenvalue weighted by Crippen LogP contribution is 2.19. The Labute approximate surface area is 159 Å². The lowest BCUT2D eigenvalue weighted by Crippen LogP contribution is -2.31. The molecule has 5 heteroatoms. The average Bonchev–Trinajstić information content (AvgIpc) is 2.95. The first-order valence-corrected chi connectivity index (χ1v) is 8.91. The molecule has 132 valence electrons. The van der Waals surface area contributed by atoms with Gasteiger partial charge in [-0.15, -0.1) is 0 Å². The molecule has 3 rings (SSSR count). The molecule has 2 N–H and O–H groups in total. The van der Waals surface area contributed by atoms with Crippen LogP contribution in [0, 0.1) is 13.8 Å². The second-order valence-electron chi connectivity index (χ2n) is 6.04. The van der Waals surface area contributed by atoms with E-state index in [4.69, 9.17) is 12.2 Å². The lowest BCUT2D eigenvalue weighted by Gasteiger charge is -2.09. The summed E-state index contributed by atoms with van der Waals surface area (Å²) in [6.07, 6.45) is 1.80. The number of rotatable bonds is 5. The number of aryl methyl sites for hydroxylation is 1. The smallest absolute Gasteiger partial charge is 0.187 e. The third-order valence-electron chi connectivity index (χ3n) is 4.15. The minimum Gasteiger partial charge on any atom is -0.357 e. The van der Waals surface area contributed by atoms with Crippen molar-refractivity contribution in [3.05, 3.63) is 89.2 Å². The van der Waals surface area contributed by atoms with Gasteiger partial charge in [-0.3, -0.25) is 5.43 Å². The van der Waals surface area contributed by atoms with Gasteiger partial charge >= 0.3 is 0 Å². The fraction of sp³-hybridized carbons (Fsp3) is 0.143. The Morgan fingerprint density at radius 1 is 1.04 bits per heavy atom. The van der Waals surface area contributed by atoms with Gasteiger partial charge in [-0.25, -0.2) is 0 Å². The second kappa shape index (κ2) is 8.45. The molecule has 26 heavy (non-hydrogen) atoms. The summed E-state index contributed by atoms with van der Waals surface area (Å²) in [7, 11) is 0. The van der Waals surface area contributed by atoms with Crippen LogP contribution in [-0.4, -0.2) is 15.9 Å². The number of para-hydroxylation sites is 1. The highest BCUT2D eigenvalue weighted by Gasteiger charge is 2.08. The van der Waals surface area contributed by atoms with Gasteiger partial charge in [0.25, 0.3) is 0 Å². The van der Waals surface area contributed by atoms with E-state index >= 15 is 0 Å². The van der Waals surface area contributed by atoms with Crippen LogP contribution in [0.15, 0.2) is 71.8 Å². The first kappa shape index (κ1) is 17.9. The predicted molar refractivity (Wildman–Crippen MR) is 112 cm³/mol. The number of nitrogens with one attached hydrogen (secondary N) is 2. The van der Waals surface area contributed by atoms with Gasteiger partial charge in [0.15, 0.2) is 5.11 Å². The summed E-state index contributed by atoms with van der Waals surface area (Å²) in [4.78, 5) is 0. The number of hydrogen-bond donors (Lipinski definition) is 2. The second-order valence-corrected chi connectivity index (χ2v) is 6.44. The maximum Gasteiger partial charge on any atom is 0.187 e. The Hall–Kier alpha value is -2.92. The average molecular weight is 363 g/mol. The molecule has 0 saturated heterocycles. The Balaban J connectivity index is 1.61. The zero-order valence-corrected chi connectivity index (χ0v) is 15.8. The molecule has 2 aromatic carbocycles. The Bertz CT molecular complexity index is 899. The van der Waals surface area contributed by atoms with E-state index in [0.717, 1.165) is 16.9 Å². The Morgan fingerprint density at radius 2 is 1.69 bits per heavy atom. The number of benzene rings is 2. The van der Waals surface area contributed by atoms with Crippen molar-refractivity contribution < 1.29 is 0 Å². The number of aromatic nitrogens is 1. The molecule has 1 aromatic heterocycles. The fourth-order valence-corrected chi connectivity index (χ4v) is 3.00. The Kier molecular flexibility index (Phi) is 5.81. The molecule has 0 saturated carbocycles. The predicted octanol–water partition coefficient (Wildman–Crippen LogP) is 4.09. The number of hydrazone groups is 1. The van der Waals surface area contributed by atoms with Gasteiger partial charge < -0.3 is 9.88 Å². The van der Waals surface area contributed by atoms with Crippen LogP contribution < -0.4 is 10.7 Å². The van der Waals surface area contributed by atoms with E-state index in [9.17, 15) is 0 Å². The first-order chi connectivity index (χ1) is 12.6. The summed E-state index contributed by atoms with van der Waals surface area (Å²) in [6, 6.07) is 22.5. The van der Waals surface area contributed by atoms with E-state index < -0.39 is 0 Å². The van der Waals surface area contributed by atoms with E-state index in [1.807, 2.05) is 36.4 Å². The molecule has 0 aliphatic heterocycles. The van der Waals surface area contributed by atoms with Gasteiger partial charge in [-0.2, -0.15) is 5.10 Å². The molecular formula is C21H22N4S. The van der Waals surface area contributed by atoms with E-state index in [2.05, 4.69) is 64.6 Å². The van der Waals surface area contributed by atoms with Gasteiger partial charge in [0, 0.05) is 29.2 Å². The van der Waals surface area contributed by atoms with E-state index in [1.54, 1.807) is 6.21 Å². The summed E-state index contributed by atoms with van der Waals surface area (Å²) in [6.45, 7) is 4.86. The van der Waals surface area contributed by atoms with Crippen molar-refractivity contribution in [3.8, 4) is 5.69 Å². The van der Waals surface area contributed by atoms with Gasteiger partial charge in [0.05, 0.1) is 6.21 Å². The van der Waals surface area contributed by atoms with Crippen LogP contribution in [0.3, 0.4) is 0 Å². The first-order valence-electron chi connectivity index (χ1n) is 8.50. The highest BCUT2D eigenvalue weighted by molar-refractivity contribution is 7.80. The van der Waals surface area contributed by atoms with Gasteiger partial charge in [0.2, 0.25) is 0 Å².